The van der Waals surface area contributed by atoms with Gasteiger partial charge in [0.25, 0.3) is 8.32 Å². The minimum absolute atomic E-state index is 0.115. The molecule has 9 nitrogen and oxygen atoms in total. The Labute approximate surface area is 210 Å². The Kier molecular flexibility index (Phi) is 6.15. The maximum atomic E-state index is 11.6. The fraction of sp³-hybridized carbons (Fsp3) is 0.269. The fourth-order valence-electron chi connectivity index (χ4n) is 4.96. The first kappa shape index (κ1) is 23.8. The molecule has 1 aromatic heterocycles. The van der Waals surface area contributed by atoms with Gasteiger partial charge < -0.3 is 9.16 Å². The molecule has 0 amide bonds. The summed E-state index contributed by atoms with van der Waals surface area (Å²) >= 11 is 0. The van der Waals surface area contributed by atoms with Crippen molar-refractivity contribution in [2.75, 3.05) is 13.2 Å². The summed E-state index contributed by atoms with van der Waals surface area (Å²) in [5.74, 6) is 0.591. The Morgan fingerprint density at radius 3 is 2.25 bits per heavy atom. The zero-order valence-corrected chi connectivity index (χ0v) is 21.4. The van der Waals surface area contributed by atoms with Crippen molar-refractivity contribution in [2.45, 2.75) is 31.9 Å². The zero-order valence-electron chi connectivity index (χ0n) is 20.4. The van der Waals surface area contributed by atoms with Crippen LogP contribution in [0.3, 0.4) is 0 Å². The third kappa shape index (κ3) is 3.97. The molecule has 0 N–H and O–H groups in total. The molecule has 1 aliphatic heterocycles. The summed E-state index contributed by atoms with van der Waals surface area (Å²) in [4.78, 5) is 11.2. The van der Waals surface area contributed by atoms with Crippen LogP contribution in [0.5, 0.6) is 5.75 Å². The van der Waals surface area contributed by atoms with E-state index in [0.29, 0.717) is 11.4 Å². The number of para-hydroxylation sites is 1. The summed E-state index contributed by atoms with van der Waals surface area (Å²) < 4.78 is 14.8. The molecule has 3 aromatic carbocycles. The van der Waals surface area contributed by atoms with E-state index in [-0.39, 0.29) is 35.7 Å². The van der Waals surface area contributed by atoms with Crippen LogP contribution < -0.4 is 15.1 Å². The second-order valence-electron chi connectivity index (χ2n) is 9.80. The highest BCUT2D eigenvalue weighted by Crippen LogP contribution is 2.41. The lowest BCUT2D eigenvalue weighted by Crippen LogP contribution is -2.67. The molecule has 5 rings (SSSR count). The average Bonchev–Trinajstić information content (AvgIpc) is 3.30. The molecule has 0 saturated carbocycles. The first-order chi connectivity index (χ1) is 17.3. The van der Waals surface area contributed by atoms with E-state index in [4.69, 9.17) is 9.16 Å². The molecule has 0 bridgehead atoms. The maximum Gasteiger partial charge on any atom is 0.311 e. The van der Waals surface area contributed by atoms with E-state index in [0.717, 1.165) is 10.4 Å². The minimum Gasteiger partial charge on any atom is -0.484 e. The predicted molar refractivity (Wildman–Crippen MR) is 138 cm³/mol. The van der Waals surface area contributed by atoms with Crippen LogP contribution in [0.25, 0.3) is 11.4 Å². The number of hydrogen-bond acceptors (Lipinski definition) is 7. The van der Waals surface area contributed by atoms with Crippen molar-refractivity contribution in [2.24, 2.45) is 0 Å². The number of rotatable bonds is 6. The van der Waals surface area contributed by atoms with Crippen LogP contribution in [-0.4, -0.2) is 46.7 Å². The summed E-state index contributed by atoms with van der Waals surface area (Å²) in [6.07, 6.45) is 0. The normalized spacial score (nSPS) is 15.4. The monoisotopic (exact) mass is 501 g/mol. The molecule has 0 saturated heterocycles. The lowest BCUT2D eigenvalue weighted by Gasteiger charge is -2.43. The SMILES string of the molecule is CC(C)(C)[Si](OC[C@@H]1COc2c(cccc2[N+](=O)[O-])-c2nnnn21)(c1ccccc1)c1ccccc1. The summed E-state index contributed by atoms with van der Waals surface area (Å²) in [6.45, 7) is 7.04. The van der Waals surface area contributed by atoms with Crippen LogP contribution in [0.15, 0.2) is 78.9 Å². The van der Waals surface area contributed by atoms with Gasteiger partial charge in [0, 0.05) is 6.07 Å². The van der Waals surface area contributed by atoms with Gasteiger partial charge in [-0.1, -0.05) is 87.5 Å². The van der Waals surface area contributed by atoms with E-state index < -0.39 is 13.2 Å². The fourth-order valence-corrected chi connectivity index (χ4v) is 9.56. The second kappa shape index (κ2) is 9.28. The predicted octanol–water partition coefficient (Wildman–Crippen LogP) is 3.76. The van der Waals surface area contributed by atoms with E-state index in [1.165, 1.54) is 6.07 Å². The largest absolute Gasteiger partial charge is 0.484 e. The van der Waals surface area contributed by atoms with Crippen molar-refractivity contribution in [1.29, 1.82) is 0 Å². The van der Waals surface area contributed by atoms with Gasteiger partial charge in [0.15, 0.2) is 5.82 Å². The number of tetrazole rings is 1. The molecule has 36 heavy (non-hydrogen) atoms. The van der Waals surface area contributed by atoms with Crippen molar-refractivity contribution in [3.05, 3.63) is 89.0 Å². The Morgan fingerprint density at radius 1 is 1.03 bits per heavy atom. The molecule has 0 spiro atoms. The van der Waals surface area contributed by atoms with E-state index in [1.54, 1.807) is 16.8 Å². The zero-order chi connectivity index (χ0) is 25.3. The van der Waals surface area contributed by atoms with Crippen molar-refractivity contribution in [3.8, 4) is 17.1 Å². The van der Waals surface area contributed by atoms with Crippen LogP contribution >= 0.6 is 0 Å². The van der Waals surface area contributed by atoms with E-state index in [9.17, 15) is 10.1 Å². The molecule has 2 heterocycles. The quantitative estimate of drug-likeness (QED) is 0.225. The molecule has 10 heteroatoms. The van der Waals surface area contributed by atoms with Gasteiger partial charge in [0.05, 0.1) is 17.1 Å². The van der Waals surface area contributed by atoms with Crippen molar-refractivity contribution in [3.63, 3.8) is 0 Å². The Bertz CT molecular complexity index is 1330. The Hall–Kier alpha value is -3.89. The van der Waals surface area contributed by atoms with Gasteiger partial charge in [-0.15, -0.1) is 5.10 Å². The molecule has 4 aromatic rings. The summed E-state index contributed by atoms with van der Waals surface area (Å²) in [7, 11) is -2.80. The first-order valence-corrected chi connectivity index (χ1v) is 13.7. The van der Waals surface area contributed by atoms with Crippen LogP contribution in [-0.2, 0) is 4.43 Å². The molecule has 0 unspecified atom stereocenters. The molecule has 1 atom stereocenters. The number of nitro groups is 1. The number of fused-ring (bicyclic) bond motifs is 3. The summed E-state index contributed by atoms with van der Waals surface area (Å²) in [6, 6.07) is 25.1. The molecule has 0 aliphatic carbocycles. The number of aromatic nitrogens is 4. The van der Waals surface area contributed by atoms with Crippen molar-refractivity contribution >= 4 is 24.4 Å². The number of ether oxygens (including phenoxy) is 1. The van der Waals surface area contributed by atoms with Gasteiger partial charge in [0.1, 0.15) is 12.6 Å². The smallest absolute Gasteiger partial charge is 0.311 e. The number of hydrogen-bond donors (Lipinski definition) is 0. The van der Waals surface area contributed by atoms with E-state index in [2.05, 4.69) is 60.6 Å². The van der Waals surface area contributed by atoms with Gasteiger partial charge in [-0.05, 0) is 31.9 Å². The van der Waals surface area contributed by atoms with Gasteiger partial charge in [-0.25, -0.2) is 4.68 Å². The highest BCUT2D eigenvalue weighted by molar-refractivity contribution is 6.99. The standard InChI is InChI=1S/C26H27N5O4Si/c1-26(2,3)36(20-11-6-4-7-12-20,21-13-8-5-9-14-21)35-18-19-17-34-24-22(25-27-28-29-30(19)25)15-10-16-23(24)31(32)33/h4-16,19H,17-18H2,1-3H3/t19-/m0/s1. The third-order valence-electron chi connectivity index (χ3n) is 6.60. The van der Waals surface area contributed by atoms with Gasteiger partial charge >= 0.3 is 5.69 Å². The first-order valence-electron chi connectivity index (χ1n) is 11.8. The topological polar surface area (TPSA) is 105 Å². The lowest BCUT2D eigenvalue weighted by atomic mass is 10.1. The van der Waals surface area contributed by atoms with Crippen LogP contribution in [0.2, 0.25) is 5.04 Å². The molecule has 0 fully saturated rings. The number of benzene rings is 3. The summed E-state index contributed by atoms with van der Waals surface area (Å²) in [5, 5.41) is 26.0. The van der Waals surface area contributed by atoms with Crippen molar-refractivity contribution in [1.82, 2.24) is 20.2 Å². The van der Waals surface area contributed by atoms with E-state index in [1.807, 2.05) is 36.4 Å². The number of nitro benzene ring substituents is 1. The van der Waals surface area contributed by atoms with Gasteiger partial charge in [-0.3, -0.25) is 10.1 Å². The van der Waals surface area contributed by atoms with Crippen LogP contribution in [0, 0.1) is 10.1 Å². The highest BCUT2D eigenvalue weighted by Gasteiger charge is 2.50. The van der Waals surface area contributed by atoms with E-state index >= 15 is 0 Å². The third-order valence-corrected chi connectivity index (χ3v) is 11.6. The molecule has 184 valence electrons. The maximum absolute atomic E-state index is 11.6. The van der Waals surface area contributed by atoms with Gasteiger partial charge in [-0.2, -0.15) is 0 Å². The van der Waals surface area contributed by atoms with Crippen LogP contribution in [0.1, 0.15) is 26.8 Å². The Morgan fingerprint density at radius 2 is 1.67 bits per heavy atom. The molecular weight excluding hydrogens is 474 g/mol. The second-order valence-corrected chi connectivity index (χ2v) is 14.1. The number of nitrogens with zero attached hydrogens (tertiary/aromatic N) is 5. The Balaban J connectivity index is 1.56. The van der Waals surface area contributed by atoms with Gasteiger partial charge in [0.2, 0.25) is 5.75 Å². The molecular formula is C26H27N5O4Si. The van der Waals surface area contributed by atoms with Crippen molar-refractivity contribution < 1.29 is 14.1 Å². The average molecular weight is 502 g/mol. The molecule has 1 aliphatic rings. The summed E-state index contributed by atoms with van der Waals surface area (Å²) in [5.41, 5.74) is 0.373. The minimum atomic E-state index is -2.80. The highest BCUT2D eigenvalue weighted by atomic mass is 28.4. The lowest BCUT2D eigenvalue weighted by molar-refractivity contribution is -0.385. The molecule has 0 radical (unpaired) electrons. The van der Waals surface area contributed by atoms with Crippen LogP contribution in [0.4, 0.5) is 5.69 Å².